The average molecular weight is 289 g/mol. The Hall–Kier alpha value is -2.81. The van der Waals surface area contributed by atoms with Crippen LogP contribution in [0.5, 0.6) is 0 Å². The van der Waals surface area contributed by atoms with Crippen LogP contribution in [0.25, 0.3) is 23.1 Å². The molecule has 0 aliphatic carbocycles. The largest absolute Gasteiger partial charge is 0.399 e. The second-order valence-electron chi connectivity index (χ2n) is 5.51. The molecule has 0 saturated carbocycles. The fourth-order valence-corrected chi connectivity index (χ4v) is 2.32. The third kappa shape index (κ3) is 3.09. The van der Waals surface area contributed by atoms with Crippen LogP contribution in [0, 0.1) is 0 Å². The Morgan fingerprint density at radius 1 is 0.909 bits per heavy atom. The third-order valence-corrected chi connectivity index (χ3v) is 3.59. The van der Waals surface area contributed by atoms with E-state index in [1.54, 1.807) is 0 Å². The molecule has 2 N–H and O–H groups in total. The van der Waals surface area contributed by atoms with Crippen molar-refractivity contribution in [1.29, 1.82) is 0 Å². The Labute approximate surface area is 130 Å². The van der Waals surface area contributed by atoms with Crippen LogP contribution in [-0.2, 0) is 0 Å². The maximum atomic E-state index is 5.78. The van der Waals surface area contributed by atoms with Gasteiger partial charge in [0.1, 0.15) is 0 Å². The van der Waals surface area contributed by atoms with Crippen molar-refractivity contribution >= 4 is 34.4 Å². The highest BCUT2D eigenvalue weighted by molar-refractivity contribution is 5.83. The van der Waals surface area contributed by atoms with Gasteiger partial charge < -0.3 is 10.6 Å². The van der Waals surface area contributed by atoms with Gasteiger partial charge in [0.25, 0.3) is 0 Å². The summed E-state index contributed by atoms with van der Waals surface area (Å²) in [6.07, 6.45) is 4.10. The molecule has 0 saturated heterocycles. The zero-order valence-corrected chi connectivity index (χ0v) is 12.8. The highest BCUT2D eigenvalue weighted by atomic mass is 15.1. The maximum Gasteiger partial charge on any atom is 0.0710 e. The first kappa shape index (κ1) is 14.1. The number of fused-ring (bicyclic) bond motifs is 1. The Morgan fingerprint density at radius 2 is 1.68 bits per heavy atom. The van der Waals surface area contributed by atoms with Crippen LogP contribution in [0.2, 0.25) is 0 Å². The van der Waals surface area contributed by atoms with E-state index in [9.17, 15) is 0 Å². The van der Waals surface area contributed by atoms with Gasteiger partial charge in [0.2, 0.25) is 0 Å². The molecular weight excluding hydrogens is 270 g/mol. The van der Waals surface area contributed by atoms with Crippen LogP contribution in [0.1, 0.15) is 11.3 Å². The van der Waals surface area contributed by atoms with Crippen LogP contribution < -0.4 is 10.6 Å². The van der Waals surface area contributed by atoms with E-state index in [4.69, 9.17) is 5.73 Å². The molecule has 0 radical (unpaired) electrons. The molecular formula is C19H19N3. The summed E-state index contributed by atoms with van der Waals surface area (Å²) in [6, 6.07) is 18.3. The minimum absolute atomic E-state index is 0.763. The Balaban J connectivity index is 1.84. The molecule has 0 aliphatic heterocycles. The highest BCUT2D eigenvalue weighted by Crippen LogP contribution is 2.18. The first-order valence-corrected chi connectivity index (χ1v) is 7.23. The second-order valence-corrected chi connectivity index (χ2v) is 5.51. The Bertz CT molecular complexity index is 818. The van der Waals surface area contributed by atoms with Crippen molar-refractivity contribution in [3.05, 3.63) is 65.9 Å². The van der Waals surface area contributed by atoms with Crippen LogP contribution in [0.3, 0.4) is 0 Å². The van der Waals surface area contributed by atoms with E-state index in [1.807, 2.05) is 50.5 Å². The molecule has 1 heterocycles. The van der Waals surface area contributed by atoms with Gasteiger partial charge in [0, 0.05) is 30.9 Å². The van der Waals surface area contributed by atoms with Gasteiger partial charge in [-0.3, -0.25) is 0 Å². The van der Waals surface area contributed by atoms with Gasteiger partial charge in [-0.1, -0.05) is 24.3 Å². The van der Waals surface area contributed by atoms with Crippen LogP contribution in [-0.4, -0.2) is 19.1 Å². The lowest BCUT2D eigenvalue weighted by Crippen LogP contribution is -2.07. The van der Waals surface area contributed by atoms with E-state index < -0.39 is 0 Å². The lowest BCUT2D eigenvalue weighted by Gasteiger charge is -2.11. The van der Waals surface area contributed by atoms with Crippen molar-refractivity contribution in [3.8, 4) is 0 Å². The molecule has 3 rings (SSSR count). The molecule has 0 fully saturated rings. The second kappa shape index (κ2) is 5.90. The summed E-state index contributed by atoms with van der Waals surface area (Å²) in [7, 11) is 4.08. The SMILES string of the molecule is CN(C)c1ccc(/C=C/c2ccc3cc(N)ccc3n2)cc1. The van der Waals surface area contributed by atoms with Crippen molar-refractivity contribution in [3.63, 3.8) is 0 Å². The van der Waals surface area contributed by atoms with Crippen LogP contribution in [0.4, 0.5) is 11.4 Å². The van der Waals surface area contributed by atoms with Gasteiger partial charge in [0.05, 0.1) is 11.2 Å². The quantitative estimate of drug-likeness (QED) is 0.739. The van der Waals surface area contributed by atoms with Crippen molar-refractivity contribution in [2.24, 2.45) is 0 Å². The summed E-state index contributed by atoms with van der Waals surface area (Å²) in [5, 5.41) is 1.06. The lowest BCUT2D eigenvalue weighted by molar-refractivity contribution is 1.13. The zero-order chi connectivity index (χ0) is 15.5. The predicted molar refractivity (Wildman–Crippen MR) is 95.9 cm³/mol. The summed E-state index contributed by atoms with van der Waals surface area (Å²) < 4.78 is 0. The first-order chi connectivity index (χ1) is 10.6. The fourth-order valence-electron chi connectivity index (χ4n) is 2.32. The predicted octanol–water partition coefficient (Wildman–Crippen LogP) is 4.05. The van der Waals surface area contributed by atoms with Gasteiger partial charge in [-0.25, -0.2) is 4.98 Å². The number of nitrogens with zero attached hydrogens (tertiary/aromatic N) is 2. The molecule has 3 nitrogen and oxygen atoms in total. The number of benzene rings is 2. The van der Waals surface area contributed by atoms with Gasteiger partial charge in [-0.15, -0.1) is 0 Å². The first-order valence-electron chi connectivity index (χ1n) is 7.23. The number of anilines is 2. The molecule has 3 heteroatoms. The number of aromatic nitrogens is 1. The summed E-state index contributed by atoms with van der Waals surface area (Å²) >= 11 is 0. The molecule has 2 aromatic carbocycles. The summed E-state index contributed by atoms with van der Waals surface area (Å²) in [5.74, 6) is 0. The van der Waals surface area contributed by atoms with Crippen molar-refractivity contribution < 1.29 is 0 Å². The minimum atomic E-state index is 0.763. The molecule has 0 spiro atoms. The smallest absolute Gasteiger partial charge is 0.0710 e. The van der Waals surface area contributed by atoms with E-state index in [-0.39, 0.29) is 0 Å². The molecule has 0 aliphatic rings. The van der Waals surface area contributed by atoms with Crippen molar-refractivity contribution in [2.75, 3.05) is 24.7 Å². The number of nitrogen functional groups attached to an aromatic ring is 1. The summed E-state index contributed by atoms with van der Waals surface area (Å²) in [4.78, 5) is 6.71. The molecule has 0 atom stereocenters. The number of hydrogen-bond donors (Lipinski definition) is 1. The molecule has 22 heavy (non-hydrogen) atoms. The summed E-state index contributed by atoms with van der Waals surface area (Å²) in [6.45, 7) is 0. The lowest BCUT2D eigenvalue weighted by atomic mass is 10.1. The van der Waals surface area contributed by atoms with E-state index in [0.717, 1.165) is 27.8 Å². The van der Waals surface area contributed by atoms with E-state index in [1.165, 1.54) is 5.69 Å². The molecule has 0 amide bonds. The number of hydrogen-bond acceptors (Lipinski definition) is 3. The highest BCUT2D eigenvalue weighted by Gasteiger charge is 1.97. The molecule has 110 valence electrons. The number of rotatable bonds is 3. The topological polar surface area (TPSA) is 42.1 Å². The van der Waals surface area contributed by atoms with Crippen molar-refractivity contribution in [1.82, 2.24) is 4.98 Å². The summed E-state index contributed by atoms with van der Waals surface area (Å²) in [5.41, 5.74) is 10.8. The molecule has 3 aromatic rings. The van der Waals surface area contributed by atoms with E-state index in [2.05, 4.69) is 40.2 Å². The monoisotopic (exact) mass is 289 g/mol. The normalized spacial score (nSPS) is 11.2. The zero-order valence-electron chi connectivity index (χ0n) is 12.8. The van der Waals surface area contributed by atoms with E-state index >= 15 is 0 Å². The Kier molecular flexibility index (Phi) is 3.79. The van der Waals surface area contributed by atoms with Gasteiger partial charge in [-0.05, 0) is 48.0 Å². The third-order valence-electron chi connectivity index (χ3n) is 3.59. The minimum Gasteiger partial charge on any atom is -0.399 e. The Morgan fingerprint density at radius 3 is 2.41 bits per heavy atom. The molecule has 0 bridgehead atoms. The number of pyridine rings is 1. The standard InChI is InChI=1S/C19H19N3/c1-22(2)18-10-4-14(5-11-18)3-8-17-9-6-15-13-16(20)7-12-19(15)21-17/h3-13H,20H2,1-2H3/b8-3+. The van der Waals surface area contributed by atoms with Gasteiger partial charge >= 0.3 is 0 Å². The van der Waals surface area contributed by atoms with Gasteiger partial charge in [0.15, 0.2) is 0 Å². The van der Waals surface area contributed by atoms with Gasteiger partial charge in [-0.2, -0.15) is 0 Å². The number of nitrogens with two attached hydrogens (primary N) is 1. The molecule has 0 unspecified atom stereocenters. The molecule has 1 aromatic heterocycles. The average Bonchev–Trinajstić information content (AvgIpc) is 2.53. The van der Waals surface area contributed by atoms with Crippen LogP contribution >= 0.6 is 0 Å². The maximum absolute atomic E-state index is 5.78. The van der Waals surface area contributed by atoms with E-state index in [0.29, 0.717) is 0 Å². The fraction of sp³-hybridized carbons (Fsp3) is 0.105. The van der Waals surface area contributed by atoms with Crippen molar-refractivity contribution in [2.45, 2.75) is 0 Å². The van der Waals surface area contributed by atoms with Crippen LogP contribution in [0.15, 0.2) is 54.6 Å².